The highest BCUT2D eigenvalue weighted by Gasteiger charge is 2.18. The lowest BCUT2D eigenvalue weighted by molar-refractivity contribution is 0.459. The molecule has 0 unspecified atom stereocenters. The number of hydrogen-bond donors (Lipinski definition) is 1. The molecular formula is C7H10BrN3S. The summed E-state index contributed by atoms with van der Waals surface area (Å²) in [5.74, 6) is 0.634. The van der Waals surface area contributed by atoms with E-state index in [-0.39, 0.29) is 0 Å². The van der Waals surface area contributed by atoms with Crippen LogP contribution in [-0.2, 0) is 0 Å². The summed E-state index contributed by atoms with van der Waals surface area (Å²) < 4.78 is 4.86. The van der Waals surface area contributed by atoms with Gasteiger partial charge in [0.25, 0.3) is 0 Å². The van der Waals surface area contributed by atoms with Crippen molar-refractivity contribution < 1.29 is 0 Å². The van der Waals surface area contributed by atoms with Crippen LogP contribution in [0.5, 0.6) is 0 Å². The molecule has 1 aliphatic heterocycles. The summed E-state index contributed by atoms with van der Waals surface area (Å²) >= 11 is 4.79. The third-order valence-electron chi connectivity index (χ3n) is 2.11. The van der Waals surface area contributed by atoms with Crippen LogP contribution in [0.25, 0.3) is 0 Å². The summed E-state index contributed by atoms with van der Waals surface area (Å²) in [5.41, 5.74) is 0. The van der Waals surface area contributed by atoms with E-state index in [4.69, 9.17) is 0 Å². The maximum absolute atomic E-state index is 4.33. The highest BCUT2D eigenvalue weighted by molar-refractivity contribution is 9.10. The van der Waals surface area contributed by atoms with E-state index in [1.165, 1.54) is 29.4 Å². The molecule has 3 nitrogen and oxygen atoms in total. The zero-order chi connectivity index (χ0) is 8.39. The minimum absolute atomic E-state index is 0.634. The molecule has 2 heterocycles. The van der Waals surface area contributed by atoms with E-state index in [0.717, 1.165) is 17.8 Å². The first-order valence-corrected chi connectivity index (χ1v) is 5.63. The van der Waals surface area contributed by atoms with Crippen molar-refractivity contribution in [3.8, 4) is 0 Å². The topological polar surface area (TPSA) is 37.8 Å². The monoisotopic (exact) mass is 247 g/mol. The van der Waals surface area contributed by atoms with Crippen molar-refractivity contribution in [3.05, 3.63) is 9.74 Å². The van der Waals surface area contributed by atoms with Gasteiger partial charge >= 0.3 is 0 Å². The summed E-state index contributed by atoms with van der Waals surface area (Å²) in [6.45, 7) is 2.23. The van der Waals surface area contributed by atoms with Gasteiger partial charge in [-0.2, -0.15) is 4.37 Å². The summed E-state index contributed by atoms with van der Waals surface area (Å²) in [6.07, 6.45) is 2.39. The third kappa shape index (κ3) is 1.84. The van der Waals surface area contributed by atoms with Gasteiger partial charge in [0, 0.05) is 5.92 Å². The zero-order valence-electron chi connectivity index (χ0n) is 6.59. The molecule has 0 spiro atoms. The van der Waals surface area contributed by atoms with Gasteiger partial charge in [0.2, 0.25) is 4.73 Å². The fourth-order valence-electron chi connectivity index (χ4n) is 1.45. The molecule has 1 fully saturated rings. The van der Waals surface area contributed by atoms with Gasteiger partial charge in [-0.15, -0.1) is 0 Å². The lowest BCUT2D eigenvalue weighted by Crippen LogP contribution is -2.26. The van der Waals surface area contributed by atoms with Crippen LogP contribution in [0.3, 0.4) is 0 Å². The fourth-order valence-corrected chi connectivity index (χ4v) is 2.70. The average Bonchev–Trinajstić information content (AvgIpc) is 2.54. The first-order chi connectivity index (χ1) is 5.86. The summed E-state index contributed by atoms with van der Waals surface area (Å²) in [7, 11) is 0. The maximum Gasteiger partial charge on any atom is 0.209 e. The van der Waals surface area contributed by atoms with E-state index in [1.807, 2.05) is 0 Å². The number of rotatable bonds is 1. The van der Waals surface area contributed by atoms with Gasteiger partial charge in [-0.05, 0) is 53.4 Å². The second kappa shape index (κ2) is 3.81. The molecule has 0 radical (unpaired) electrons. The first-order valence-electron chi connectivity index (χ1n) is 4.06. The molecule has 0 aromatic carbocycles. The van der Waals surface area contributed by atoms with Crippen LogP contribution in [0, 0.1) is 0 Å². The lowest BCUT2D eigenvalue weighted by atomic mass is 9.99. The first kappa shape index (κ1) is 8.59. The molecule has 0 amide bonds. The molecule has 0 bridgehead atoms. The number of aromatic nitrogens is 2. The SMILES string of the molecule is Brc1nsc(C2CCNCC2)n1. The van der Waals surface area contributed by atoms with Crippen LogP contribution >= 0.6 is 27.5 Å². The molecule has 12 heavy (non-hydrogen) atoms. The van der Waals surface area contributed by atoms with E-state index in [1.54, 1.807) is 0 Å². The molecule has 5 heteroatoms. The Balaban J connectivity index is 2.08. The Kier molecular flexibility index (Phi) is 2.73. The molecule has 2 rings (SSSR count). The molecule has 1 N–H and O–H groups in total. The third-order valence-corrected chi connectivity index (χ3v) is 3.57. The van der Waals surface area contributed by atoms with Crippen molar-refractivity contribution in [2.75, 3.05) is 13.1 Å². The molecule has 1 aliphatic rings. The Hall–Kier alpha value is -0.0000000000000000278. The van der Waals surface area contributed by atoms with E-state index in [0.29, 0.717) is 5.92 Å². The molecule has 1 aromatic rings. The zero-order valence-corrected chi connectivity index (χ0v) is 8.99. The molecule has 0 aliphatic carbocycles. The Morgan fingerprint density at radius 3 is 2.75 bits per heavy atom. The number of piperidine rings is 1. The Bertz CT molecular complexity index is 257. The van der Waals surface area contributed by atoms with Gasteiger partial charge in [-0.1, -0.05) is 0 Å². The Morgan fingerprint density at radius 1 is 1.42 bits per heavy atom. The molecule has 66 valence electrons. The van der Waals surface area contributed by atoms with Crippen LogP contribution in [0.15, 0.2) is 4.73 Å². The molecule has 0 atom stereocenters. The van der Waals surface area contributed by atoms with Crippen LogP contribution in [0.4, 0.5) is 0 Å². The van der Waals surface area contributed by atoms with Gasteiger partial charge in [-0.25, -0.2) is 4.98 Å². The summed E-state index contributed by atoms with van der Waals surface area (Å²) in [6, 6.07) is 0. The van der Waals surface area contributed by atoms with E-state index >= 15 is 0 Å². The second-order valence-corrected chi connectivity index (χ2v) is 4.42. The van der Waals surface area contributed by atoms with Gasteiger partial charge in [-0.3, -0.25) is 0 Å². The smallest absolute Gasteiger partial charge is 0.209 e. The minimum atomic E-state index is 0.634. The quantitative estimate of drug-likeness (QED) is 0.823. The fraction of sp³-hybridized carbons (Fsp3) is 0.714. The van der Waals surface area contributed by atoms with Crippen molar-refractivity contribution in [3.63, 3.8) is 0 Å². The van der Waals surface area contributed by atoms with Crippen LogP contribution in [-0.4, -0.2) is 22.4 Å². The Morgan fingerprint density at radius 2 is 2.17 bits per heavy atom. The number of hydrogen-bond acceptors (Lipinski definition) is 4. The molecule has 0 saturated carbocycles. The Labute approximate surface area is 83.9 Å². The van der Waals surface area contributed by atoms with E-state index < -0.39 is 0 Å². The lowest BCUT2D eigenvalue weighted by Gasteiger charge is -2.19. The number of nitrogens with one attached hydrogen (secondary N) is 1. The standard InChI is InChI=1S/C7H10BrN3S/c8-7-10-6(12-11-7)5-1-3-9-4-2-5/h5,9H,1-4H2. The van der Waals surface area contributed by atoms with E-state index in [9.17, 15) is 0 Å². The number of nitrogens with zero attached hydrogens (tertiary/aromatic N) is 2. The second-order valence-electron chi connectivity index (χ2n) is 2.93. The normalized spacial score (nSPS) is 19.8. The summed E-state index contributed by atoms with van der Waals surface area (Å²) in [4.78, 5) is 4.33. The van der Waals surface area contributed by atoms with Gasteiger partial charge in [0.15, 0.2) is 0 Å². The maximum atomic E-state index is 4.33. The van der Waals surface area contributed by atoms with Crippen molar-refractivity contribution in [1.82, 2.24) is 14.7 Å². The van der Waals surface area contributed by atoms with E-state index in [2.05, 4.69) is 30.6 Å². The molecular weight excluding hydrogens is 238 g/mol. The van der Waals surface area contributed by atoms with Crippen LogP contribution < -0.4 is 5.32 Å². The van der Waals surface area contributed by atoms with Gasteiger partial charge in [0.05, 0.1) is 0 Å². The van der Waals surface area contributed by atoms with Crippen molar-refractivity contribution in [2.24, 2.45) is 0 Å². The van der Waals surface area contributed by atoms with Crippen molar-refractivity contribution >= 4 is 27.5 Å². The summed E-state index contributed by atoms with van der Waals surface area (Å²) in [5, 5.41) is 4.52. The van der Waals surface area contributed by atoms with Crippen molar-refractivity contribution in [2.45, 2.75) is 18.8 Å². The highest BCUT2D eigenvalue weighted by Crippen LogP contribution is 2.27. The van der Waals surface area contributed by atoms with Crippen molar-refractivity contribution in [1.29, 1.82) is 0 Å². The van der Waals surface area contributed by atoms with Gasteiger partial charge in [0.1, 0.15) is 5.01 Å². The average molecular weight is 248 g/mol. The highest BCUT2D eigenvalue weighted by atomic mass is 79.9. The molecule has 1 saturated heterocycles. The van der Waals surface area contributed by atoms with Crippen LogP contribution in [0.1, 0.15) is 23.8 Å². The molecule has 1 aromatic heterocycles. The predicted octanol–water partition coefficient (Wildman–Crippen LogP) is 1.77. The predicted molar refractivity (Wildman–Crippen MR) is 52.5 cm³/mol. The van der Waals surface area contributed by atoms with Crippen LogP contribution in [0.2, 0.25) is 0 Å². The minimum Gasteiger partial charge on any atom is -0.317 e. The largest absolute Gasteiger partial charge is 0.317 e. The van der Waals surface area contributed by atoms with Gasteiger partial charge < -0.3 is 5.32 Å². The number of halogens is 1.